The van der Waals surface area contributed by atoms with Crippen LogP contribution in [0.2, 0.25) is 0 Å². The van der Waals surface area contributed by atoms with Gasteiger partial charge in [0.25, 0.3) is 0 Å². The van der Waals surface area contributed by atoms with Gasteiger partial charge in [-0.2, -0.15) is 0 Å². The Balaban J connectivity index is 2.32. The third-order valence-corrected chi connectivity index (χ3v) is 3.10. The van der Waals surface area contributed by atoms with Gasteiger partial charge in [0.1, 0.15) is 0 Å². The van der Waals surface area contributed by atoms with Crippen molar-refractivity contribution in [3.8, 4) is 0 Å². The third-order valence-electron chi connectivity index (χ3n) is 2.08. The summed E-state index contributed by atoms with van der Waals surface area (Å²) in [6, 6.07) is 0.899. The Hall–Kier alpha value is 0.690. The maximum atomic E-state index is 2.58. The molecular weight excluding hydrogens is 225 g/mol. The van der Waals surface area contributed by atoms with E-state index >= 15 is 0 Å². The number of hydrogen-bond donors (Lipinski definition) is 0. The fourth-order valence-corrected chi connectivity index (χ4v) is 2.48. The second kappa shape index (κ2) is 3.76. The summed E-state index contributed by atoms with van der Waals surface area (Å²) in [5.74, 6) is 0. The number of likely N-dealkylation sites (tertiary alicyclic amines) is 1. The van der Waals surface area contributed by atoms with Crippen LogP contribution >= 0.6 is 22.6 Å². The summed E-state index contributed by atoms with van der Waals surface area (Å²) in [6.07, 6.45) is 2.85. The Labute approximate surface area is 70.9 Å². The maximum Gasteiger partial charge on any atom is 0.0185 e. The van der Waals surface area contributed by atoms with E-state index in [-0.39, 0.29) is 0 Å². The molecule has 0 aliphatic carbocycles. The Morgan fingerprint density at radius 1 is 1.67 bits per heavy atom. The van der Waals surface area contributed by atoms with Gasteiger partial charge in [0.15, 0.2) is 0 Å². The van der Waals surface area contributed by atoms with E-state index in [0.29, 0.717) is 0 Å². The highest BCUT2D eigenvalue weighted by molar-refractivity contribution is 14.1. The number of alkyl halides is 1. The minimum atomic E-state index is 0.899. The quantitative estimate of drug-likeness (QED) is 0.525. The van der Waals surface area contributed by atoms with Gasteiger partial charge in [0.05, 0.1) is 0 Å². The van der Waals surface area contributed by atoms with Gasteiger partial charge in [0, 0.05) is 10.5 Å². The van der Waals surface area contributed by atoms with Crippen molar-refractivity contribution in [3.63, 3.8) is 0 Å². The molecule has 0 amide bonds. The van der Waals surface area contributed by atoms with Crippen molar-refractivity contribution in [2.24, 2.45) is 0 Å². The highest BCUT2D eigenvalue weighted by atomic mass is 127. The normalized spacial score (nSPS) is 29.3. The van der Waals surface area contributed by atoms with Crippen molar-refractivity contribution in [2.45, 2.75) is 25.8 Å². The Morgan fingerprint density at radius 2 is 2.44 bits per heavy atom. The number of nitrogens with zero attached hydrogens (tertiary/aromatic N) is 1. The highest BCUT2D eigenvalue weighted by Crippen LogP contribution is 2.17. The van der Waals surface area contributed by atoms with Gasteiger partial charge in [-0.1, -0.05) is 29.5 Å². The van der Waals surface area contributed by atoms with Gasteiger partial charge in [-0.15, -0.1) is 0 Å². The largest absolute Gasteiger partial charge is 0.300 e. The van der Waals surface area contributed by atoms with Crippen molar-refractivity contribution in [1.29, 1.82) is 0 Å². The minimum absolute atomic E-state index is 0.899. The Kier molecular flexibility index (Phi) is 3.26. The average Bonchev–Trinajstić information content (AvgIpc) is 2.33. The van der Waals surface area contributed by atoms with Crippen LogP contribution in [-0.2, 0) is 0 Å². The molecule has 0 aromatic rings. The molecule has 1 rings (SSSR count). The van der Waals surface area contributed by atoms with E-state index in [4.69, 9.17) is 0 Å². The van der Waals surface area contributed by atoms with Crippen LogP contribution < -0.4 is 0 Å². The fourth-order valence-electron chi connectivity index (χ4n) is 1.49. The molecule has 54 valence electrons. The SMILES string of the molecule is CCN1CCCC1CI. The monoisotopic (exact) mass is 239 g/mol. The molecule has 2 heteroatoms. The average molecular weight is 239 g/mol. The molecule has 1 fully saturated rings. The second-order valence-corrected chi connectivity index (χ2v) is 3.46. The molecule has 0 radical (unpaired) electrons. The summed E-state index contributed by atoms with van der Waals surface area (Å²) >= 11 is 2.49. The molecule has 1 aliphatic heterocycles. The van der Waals surface area contributed by atoms with Gasteiger partial charge in [-0.3, -0.25) is 4.90 Å². The summed E-state index contributed by atoms with van der Waals surface area (Å²) in [5.41, 5.74) is 0. The van der Waals surface area contributed by atoms with Crippen LogP contribution in [0.1, 0.15) is 19.8 Å². The van der Waals surface area contributed by atoms with E-state index in [0.717, 1.165) is 6.04 Å². The standard InChI is InChI=1S/C7H14IN/c1-2-9-5-3-4-7(9)6-8/h7H,2-6H2,1H3. The molecule has 9 heavy (non-hydrogen) atoms. The summed E-state index contributed by atoms with van der Waals surface area (Å²) in [4.78, 5) is 2.58. The first-order chi connectivity index (χ1) is 4.38. The van der Waals surface area contributed by atoms with E-state index in [1.165, 1.54) is 30.4 Å². The topological polar surface area (TPSA) is 3.24 Å². The lowest BCUT2D eigenvalue weighted by Gasteiger charge is -2.19. The van der Waals surface area contributed by atoms with E-state index in [1.54, 1.807) is 0 Å². The van der Waals surface area contributed by atoms with Crippen molar-refractivity contribution < 1.29 is 0 Å². The smallest absolute Gasteiger partial charge is 0.0185 e. The lowest BCUT2D eigenvalue weighted by atomic mass is 10.2. The van der Waals surface area contributed by atoms with Gasteiger partial charge < -0.3 is 0 Å². The third kappa shape index (κ3) is 1.80. The number of hydrogen-bond acceptors (Lipinski definition) is 1. The van der Waals surface area contributed by atoms with Crippen LogP contribution in [0.15, 0.2) is 0 Å². The van der Waals surface area contributed by atoms with Gasteiger partial charge in [-0.05, 0) is 25.9 Å². The molecule has 1 heterocycles. The van der Waals surface area contributed by atoms with Gasteiger partial charge in [-0.25, -0.2) is 0 Å². The summed E-state index contributed by atoms with van der Waals surface area (Å²) in [5, 5.41) is 0. The second-order valence-electron chi connectivity index (χ2n) is 2.58. The minimum Gasteiger partial charge on any atom is -0.300 e. The first-order valence-electron chi connectivity index (χ1n) is 3.68. The van der Waals surface area contributed by atoms with Crippen LogP contribution in [-0.4, -0.2) is 28.5 Å². The van der Waals surface area contributed by atoms with E-state index < -0.39 is 0 Å². The van der Waals surface area contributed by atoms with Crippen molar-refractivity contribution in [2.75, 3.05) is 17.5 Å². The zero-order valence-corrected chi connectivity index (χ0v) is 8.10. The van der Waals surface area contributed by atoms with Crippen molar-refractivity contribution in [3.05, 3.63) is 0 Å². The molecule has 0 saturated carbocycles. The van der Waals surface area contributed by atoms with Crippen LogP contribution in [0, 0.1) is 0 Å². The Bertz CT molecular complexity index is 75.0. The number of rotatable bonds is 2. The van der Waals surface area contributed by atoms with E-state index in [2.05, 4.69) is 34.4 Å². The number of halogens is 1. The summed E-state index contributed by atoms with van der Waals surface area (Å²) < 4.78 is 1.31. The van der Waals surface area contributed by atoms with Crippen molar-refractivity contribution in [1.82, 2.24) is 4.90 Å². The molecule has 0 spiro atoms. The predicted octanol–water partition coefficient (Wildman–Crippen LogP) is 1.91. The first-order valence-corrected chi connectivity index (χ1v) is 5.21. The molecular formula is C7H14IN. The van der Waals surface area contributed by atoms with Crippen LogP contribution in [0.4, 0.5) is 0 Å². The summed E-state index contributed by atoms with van der Waals surface area (Å²) in [7, 11) is 0. The highest BCUT2D eigenvalue weighted by Gasteiger charge is 2.20. The molecule has 0 bridgehead atoms. The summed E-state index contributed by atoms with van der Waals surface area (Å²) in [6.45, 7) is 4.84. The van der Waals surface area contributed by atoms with Gasteiger partial charge >= 0.3 is 0 Å². The zero-order chi connectivity index (χ0) is 6.69. The molecule has 0 aromatic heterocycles. The zero-order valence-electron chi connectivity index (χ0n) is 5.94. The molecule has 1 unspecified atom stereocenters. The molecule has 0 aromatic carbocycles. The molecule has 1 atom stereocenters. The van der Waals surface area contributed by atoms with Crippen LogP contribution in [0.3, 0.4) is 0 Å². The molecule has 0 N–H and O–H groups in total. The van der Waals surface area contributed by atoms with Crippen molar-refractivity contribution >= 4 is 22.6 Å². The van der Waals surface area contributed by atoms with Gasteiger partial charge in [0.2, 0.25) is 0 Å². The predicted molar refractivity (Wildman–Crippen MR) is 49.2 cm³/mol. The van der Waals surface area contributed by atoms with E-state index in [1.807, 2.05) is 0 Å². The molecule has 1 nitrogen and oxygen atoms in total. The Morgan fingerprint density at radius 3 is 2.89 bits per heavy atom. The molecule has 1 saturated heterocycles. The molecule has 1 aliphatic rings. The first kappa shape index (κ1) is 7.79. The van der Waals surface area contributed by atoms with Crippen LogP contribution in [0.5, 0.6) is 0 Å². The lowest BCUT2D eigenvalue weighted by Crippen LogP contribution is -2.29. The van der Waals surface area contributed by atoms with E-state index in [9.17, 15) is 0 Å². The fraction of sp³-hybridized carbons (Fsp3) is 1.00. The lowest BCUT2D eigenvalue weighted by molar-refractivity contribution is 0.290. The maximum absolute atomic E-state index is 2.58. The van der Waals surface area contributed by atoms with Crippen LogP contribution in [0.25, 0.3) is 0 Å².